The summed E-state index contributed by atoms with van der Waals surface area (Å²) in [5, 5.41) is 2.89. The van der Waals surface area contributed by atoms with E-state index in [0.717, 1.165) is 12.8 Å². The summed E-state index contributed by atoms with van der Waals surface area (Å²) < 4.78 is 9.20. The molecule has 0 saturated heterocycles. The van der Waals surface area contributed by atoms with Gasteiger partial charge in [-0.05, 0) is 7.05 Å². The van der Waals surface area contributed by atoms with Gasteiger partial charge >= 0.3 is 6.16 Å². The second-order valence-electron chi connectivity index (χ2n) is 2.30. The minimum atomic E-state index is -0.619. The fourth-order valence-corrected chi connectivity index (χ4v) is 0.718. The average Bonchev–Trinajstić information content (AvgIpc) is 2.70. The Morgan fingerprint density at radius 1 is 1.55 bits per heavy atom. The molecule has 5 heteroatoms. The number of methoxy groups -OCH3 is 1. The van der Waals surface area contributed by atoms with Crippen LogP contribution in [0, 0.1) is 0 Å². The summed E-state index contributed by atoms with van der Waals surface area (Å²) in [7, 11) is 3.06. The van der Waals surface area contributed by atoms with Crippen LogP contribution in [0.3, 0.4) is 0 Å². The molecule has 66 valence electrons. The van der Waals surface area contributed by atoms with Crippen molar-refractivity contribution >= 4 is 18.6 Å². The lowest BCUT2D eigenvalue weighted by Gasteiger charge is -2.13. The Bertz CT molecular complexity index is 147. The number of halogens is 1. The number of carbonyl (C=O) groups is 1. The summed E-state index contributed by atoms with van der Waals surface area (Å²) in [6, 6.07) is 0. The van der Waals surface area contributed by atoms with Crippen molar-refractivity contribution in [3.05, 3.63) is 0 Å². The molecule has 0 heterocycles. The van der Waals surface area contributed by atoms with Crippen LogP contribution in [0.15, 0.2) is 0 Å². The van der Waals surface area contributed by atoms with Gasteiger partial charge in [0, 0.05) is 12.8 Å². The summed E-state index contributed by atoms with van der Waals surface area (Å²) >= 11 is 0. The number of carbonyl (C=O) groups excluding carboxylic acids is 1. The lowest BCUT2D eigenvalue weighted by atomic mass is 10.6. The summed E-state index contributed by atoms with van der Waals surface area (Å²) in [5.41, 5.74) is -0.410. The van der Waals surface area contributed by atoms with Crippen LogP contribution in [-0.2, 0) is 9.47 Å². The minimum absolute atomic E-state index is 0. The topological polar surface area (TPSA) is 47.6 Å². The largest absolute Gasteiger partial charge is 0.509 e. The van der Waals surface area contributed by atoms with E-state index in [1.807, 2.05) is 0 Å². The highest BCUT2D eigenvalue weighted by molar-refractivity contribution is 5.85. The van der Waals surface area contributed by atoms with Gasteiger partial charge < -0.3 is 9.47 Å². The predicted octanol–water partition coefficient (Wildman–Crippen LogP) is 0.901. The molecule has 0 spiro atoms. The van der Waals surface area contributed by atoms with Crippen LogP contribution in [0.2, 0.25) is 0 Å². The van der Waals surface area contributed by atoms with Gasteiger partial charge in [-0.25, -0.2) is 4.79 Å². The molecule has 0 atom stereocenters. The molecule has 11 heavy (non-hydrogen) atoms. The van der Waals surface area contributed by atoms with E-state index in [1.165, 1.54) is 7.11 Å². The zero-order valence-corrected chi connectivity index (χ0v) is 7.36. The third-order valence-electron chi connectivity index (χ3n) is 1.61. The number of hydrogen-bond acceptors (Lipinski definition) is 4. The monoisotopic (exact) mass is 181 g/mol. The fourth-order valence-electron chi connectivity index (χ4n) is 0.718. The molecular formula is C6H12ClNO3. The van der Waals surface area contributed by atoms with Gasteiger partial charge in [0.05, 0.1) is 7.11 Å². The Kier molecular flexibility index (Phi) is 3.62. The molecule has 0 amide bonds. The summed E-state index contributed by atoms with van der Waals surface area (Å²) in [6.45, 7) is 0. The Labute approximate surface area is 71.6 Å². The third kappa shape index (κ3) is 2.55. The van der Waals surface area contributed by atoms with Crippen LogP contribution in [0.25, 0.3) is 0 Å². The van der Waals surface area contributed by atoms with Crippen molar-refractivity contribution in [1.29, 1.82) is 0 Å². The normalized spacial score (nSPS) is 18.0. The Hall–Kier alpha value is -0.480. The van der Waals surface area contributed by atoms with E-state index < -0.39 is 11.9 Å². The molecule has 0 bridgehead atoms. The molecule has 0 aromatic heterocycles. The highest BCUT2D eigenvalue weighted by Gasteiger charge is 2.45. The maximum absolute atomic E-state index is 10.5. The Morgan fingerprint density at radius 3 is 2.36 bits per heavy atom. The second-order valence-corrected chi connectivity index (χ2v) is 2.30. The van der Waals surface area contributed by atoms with Crippen LogP contribution in [0.4, 0.5) is 4.79 Å². The molecular weight excluding hydrogens is 170 g/mol. The molecule has 1 N–H and O–H groups in total. The molecule has 0 radical (unpaired) electrons. The van der Waals surface area contributed by atoms with E-state index in [1.54, 1.807) is 7.05 Å². The number of hydrogen-bond donors (Lipinski definition) is 1. The SMILES string of the molecule is CNC1(OC(=O)OC)CC1.Cl. The van der Waals surface area contributed by atoms with Crippen molar-refractivity contribution in [3.63, 3.8) is 0 Å². The van der Waals surface area contributed by atoms with E-state index in [0.29, 0.717) is 0 Å². The first-order valence-corrected chi connectivity index (χ1v) is 3.18. The van der Waals surface area contributed by atoms with E-state index in [2.05, 4.69) is 10.1 Å². The summed E-state index contributed by atoms with van der Waals surface area (Å²) in [5.74, 6) is 0. The molecule has 1 rings (SSSR count). The van der Waals surface area contributed by atoms with Crippen LogP contribution in [0.5, 0.6) is 0 Å². The Morgan fingerprint density at radius 2 is 2.09 bits per heavy atom. The maximum Gasteiger partial charge on any atom is 0.509 e. The van der Waals surface area contributed by atoms with Crippen molar-refractivity contribution in [2.75, 3.05) is 14.2 Å². The van der Waals surface area contributed by atoms with Gasteiger partial charge in [0.1, 0.15) is 0 Å². The Balaban J connectivity index is 0.000001000. The summed E-state index contributed by atoms with van der Waals surface area (Å²) in [6.07, 6.45) is 1.13. The van der Waals surface area contributed by atoms with Gasteiger partial charge in [0.15, 0.2) is 5.72 Å². The predicted molar refractivity (Wildman–Crippen MR) is 41.8 cm³/mol. The first-order valence-electron chi connectivity index (χ1n) is 3.18. The molecule has 0 aromatic carbocycles. The van der Waals surface area contributed by atoms with Crippen molar-refractivity contribution < 1.29 is 14.3 Å². The quantitative estimate of drug-likeness (QED) is 0.508. The highest BCUT2D eigenvalue weighted by atomic mass is 35.5. The molecule has 1 fully saturated rings. The molecule has 0 aliphatic heterocycles. The molecule has 4 nitrogen and oxygen atoms in total. The van der Waals surface area contributed by atoms with Gasteiger partial charge in [-0.15, -0.1) is 12.4 Å². The number of ether oxygens (including phenoxy) is 2. The first-order chi connectivity index (χ1) is 4.72. The number of nitrogens with one attached hydrogen (secondary N) is 1. The van der Waals surface area contributed by atoms with Crippen LogP contribution in [-0.4, -0.2) is 26.0 Å². The molecule has 1 aliphatic rings. The van der Waals surface area contributed by atoms with Crippen molar-refractivity contribution in [1.82, 2.24) is 5.32 Å². The zero-order valence-electron chi connectivity index (χ0n) is 6.55. The molecule has 1 saturated carbocycles. The van der Waals surface area contributed by atoms with E-state index in [9.17, 15) is 4.79 Å². The average molecular weight is 182 g/mol. The zero-order chi connectivity index (χ0) is 7.61. The minimum Gasteiger partial charge on any atom is -0.438 e. The summed E-state index contributed by atoms with van der Waals surface area (Å²) in [4.78, 5) is 10.5. The fraction of sp³-hybridized carbons (Fsp3) is 0.833. The van der Waals surface area contributed by atoms with E-state index in [4.69, 9.17) is 4.74 Å². The van der Waals surface area contributed by atoms with Crippen molar-refractivity contribution in [3.8, 4) is 0 Å². The first kappa shape index (κ1) is 10.5. The van der Waals surface area contributed by atoms with Crippen LogP contribution >= 0.6 is 12.4 Å². The van der Waals surface area contributed by atoms with Gasteiger partial charge in [-0.2, -0.15) is 0 Å². The van der Waals surface area contributed by atoms with Crippen LogP contribution in [0.1, 0.15) is 12.8 Å². The number of rotatable bonds is 2. The second kappa shape index (κ2) is 3.78. The van der Waals surface area contributed by atoms with E-state index >= 15 is 0 Å². The molecule has 1 aliphatic carbocycles. The van der Waals surface area contributed by atoms with Gasteiger partial charge in [0.25, 0.3) is 0 Å². The molecule has 0 aromatic rings. The van der Waals surface area contributed by atoms with Gasteiger partial charge in [-0.3, -0.25) is 5.32 Å². The highest BCUT2D eigenvalue weighted by Crippen LogP contribution is 2.36. The van der Waals surface area contributed by atoms with Gasteiger partial charge in [0.2, 0.25) is 0 Å². The van der Waals surface area contributed by atoms with E-state index in [-0.39, 0.29) is 12.4 Å². The van der Waals surface area contributed by atoms with Gasteiger partial charge in [-0.1, -0.05) is 0 Å². The maximum atomic E-state index is 10.5. The standard InChI is InChI=1S/C6H11NO3.ClH/c1-7-6(3-4-6)10-5(8)9-2;/h7H,3-4H2,1-2H3;1H. The third-order valence-corrected chi connectivity index (χ3v) is 1.61. The van der Waals surface area contributed by atoms with Crippen molar-refractivity contribution in [2.45, 2.75) is 18.6 Å². The van der Waals surface area contributed by atoms with Crippen molar-refractivity contribution in [2.24, 2.45) is 0 Å². The smallest absolute Gasteiger partial charge is 0.438 e. The van der Waals surface area contributed by atoms with Crippen LogP contribution < -0.4 is 5.32 Å². The molecule has 0 unspecified atom stereocenters. The lowest BCUT2D eigenvalue weighted by Crippen LogP contribution is -2.32. The lowest BCUT2D eigenvalue weighted by molar-refractivity contribution is 0.0138.